The van der Waals surface area contributed by atoms with E-state index in [4.69, 9.17) is 23.2 Å². The first-order valence-electron chi connectivity index (χ1n) is 3.15. The second-order valence-corrected chi connectivity index (χ2v) is 2.92. The SMILES string of the molecule is O=Cc1c(C(F)F)ncc(Cl)c1Cl. The van der Waals surface area contributed by atoms with Gasteiger partial charge < -0.3 is 0 Å². The number of nitrogens with zero attached hydrogens (tertiary/aromatic N) is 1. The summed E-state index contributed by atoms with van der Waals surface area (Å²) < 4.78 is 24.4. The predicted octanol–water partition coefficient (Wildman–Crippen LogP) is 3.14. The van der Waals surface area contributed by atoms with Gasteiger partial charge in [0.1, 0.15) is 5.69 Å². The molecule has 2 nitrogen and oxygen atoms in total. The van der Waals surface area contributed by atoms with E-state index in [2.05, 4.69) is 4.98 Å². The molecule has 0 spiro atoms. The van der Waals surface area contributed by atoms with Crippen LogP contribution in [0.5, 0.6) is 0 Å². The van der Waals surface area contributed by atoms with Crippen molar-refractivity contribution >= 4 is 29.5 Å². The lowest BCUT2D eigenvalue weighted by molar-refractivity contribution is 0.110. The Bertz CT molecular complexity index is 344. The summed E-state index contributed by atoms with van der Waals surface area (Å²) in [5.74, 6) is 0. The van der Waals surface area contributed by atoms with Crippen molar-refractivity contribution in [3.63, 3.8) is 0 Å². The fourth-order valence-electron chi connectivity index (χ4n) is 0.780. The molecule has 0 aliphatic rings. The molecule has 6 heteroatoms. The monoisotopic (exact) mass is 225 g/mol. The van der Waals surface area contributed by atoms with Crippen molar-refractivity contribution in [1.82, 2.24) is 4.98 Å². The first-order chi connectivity index (χ1) is 6.07. The van der Waals surface area contributed by atoms with Crippen LogP contribution in [-0.4, -0.2) is 11.3 Å². The van der Waals surface area contributed by atoms with Gasteiger partial charge in [0, 0.05) is 6.20 Å². The first-order valence-corrected chi connectivity index (χ1v) is 3.90. The summed E-state index contributed by atoms with van der Waals surface area (Å²) in [5, 5.41) is -0.213. The number of alkyl halides is 2. The van der Waals surface area contributed by atoms with Gasteiger partial charge in [0.25, 0.3) is 6.43 Å². The molecule has 0 unspecified atom stereocenters. The van der Waals surface area contributed by atoms with E-state index in [1.807, 2.05) is 0 Å². The van der Waals surface area contributed by atoms with Crippen molar-refractivity contribution in [2.24, 2.45) is 0 Å². The van der Waals surface area contributed by atoms with Crippen LogP contribution in [0, 0.1) is 0 Å². The highest BCUT2D eigenvalue weighted by Gasteiger charge is 2.18. The third-order valence-corrected chi connectivity index (χ3v) is 2.15. The van der Waals surface area contributed by atoms with E-state index in [0.717, 1.165) is 6.20 Å². The highest BCUT2D eigenvalue weighted by atomic mass is 35.5. The molecular formula is C7H3Cl2F2NO. The van der Waals surface area contributed by atoms with Gasteiger partial charge in [-0.2, -0.15) is 0 Å². The van der Waals surface area contributed by atoms with E-state index < -0.39 is 12.1 Å². The van der Waals surface area contributed by atoms with E-state index in [0.29, 0.717) is 0 Å². The Balaban J connectivity index is 3.38. The number of pyridine rings is 1. The molecule has 70 valence electrons. The maximum absolute atomic E-state index is 12.2. The Morgan fingerprint density at radius 3 is 2.54 bits per heavy atom. The average Bonchev–Trinajstić information content (AvgIpc) is 2.09. The van der Waals surface area contributed by atoms with Crippen molar-refractivity contribution in [2.45, 2.75) is 6.43 Å². The third kappa shape index (κ3) is 1.95. The quantitative estimate of drug-likeness (QED) is 0.725. The van der Waals surface area contributed by atoms with Crippen LogP contribution in [0.4, 0.5) is 8.78 Å². The van der Waals surface area contributed by atoms with E-state index in [1.165, 1.54) is 0 Å². The van der Waals surface area contributed by atoms with Gasteiger partial charge in [0.2, 0.25) is 0 Å². The normalized spacial score (nSPS) is 10.5. The van der Waals surface area contributed by atoms with Gasteiger partial charge >= 0.3 is 0 Å². The Hall–Kier alpha value is -0.740. The number of aromatic nitrogens is 1. The van der Waals surface area contributed by atoms with Gasteiger partial charge in [-0.1, -0.05) is 23.2 Å². The van der Waals surface area contributed by atoms with Crippen LogP contribution < -0.4 is 0 Å². The van der Waals surface area contributed by atoms with Crippen molar-refractivity contribution in [3.8, 4) is 0 Å². The minimum Gasteiger partial charge on any atom is -0.298 e. The Morgan fingerprint density at radius 2 is 2.08 bits per heavy atom. The molecule has 0 fully saturated rings. The van der Waals surface area contributed by atoms with Crippen molar-refractivity contribution in [3.05, 3.63) is 27.5 Å². The molecule has 0 saturated heterocycles. The molecule has 1 aromatic rings. The number of aldehydes is 1. The zero-order chi connectivity index (χ0) is 10.0. The number of halogens is 4. The third-order valence-electron chi connectivity index (χ3n) is 1.36. The Morgan fingerprint density at radius 1 is 1.46 bits per heavy atom. The van der Waals surface area contributed by atoms with Crippen LogP contribution >= 0.6 is 23.2 Å². The molecule has 0 atom stereocenters. The van der Waals surface area contributed by atoms with Crippen molar-refractivity contribution < 1.29 is 13.6 Å². The second kappa shape index (κ2) is 3.98. The molecule has 0 N–H and O–H groups in total. The molecule has 1 aromatic heterocycles. The summed E-state index contributed by atoms with van der Waals surface area (Å²) in [4.78, 5) is 13.7. The molecule has 13 heavy (non-hydrogen) atoms. The van der Waals surface area contributed by atoms with Crippen molar-refractivity contribution in [2.75, 3.05) is 0 Å². The highest BCUT2D eigenvalue weighted by molar-refractivity contribution is 6.43. The van der Waals surface area contributed by atoms with Crippen LogP contribution in [0.1, 0.15) is 22.5 Å². The Labute approximate surface area is 82.5 Å². The van der Waals surface area contributed by atoms with Crippen molar-refractivity contribution in [1.29, 1.82) is 0 Å². The lowest BCUT2D eigenvalue weighted by atomic mass is 10.2. The summed E-state index contributed by atoms with van der Waals surface area (Å²) in [6, 6.07) is 0. The summed E-state index contributed by atoms with van der Waals surface area (Å²) in [6.45, 7) is 0. The molecule has 0 bridgehead atoms. The maximum Gasteiger partial charge on any atom is 0.281 e. The second-order valence-electron chi connectivity index (χ2n) is 2.14. The fraction of sp³-hybridized carbons (Fsp3) is 0.143. The van der Waals surface area contributed by atoms with E-state index in [-0.39, 0.29) is 21.9 Å². The number of hydrogen-bond donors (Lipinski definition) is 0. The maximum atomic E-state index is 12.2. The number of carbonyl (C=O) groups is 1. The minimum atomic E-state index is -2.84. The molecule has 0 aliphatic heterocycles. The number of hydrogen-bond acceptors (Lipinski definition) is 2. The van der Waals surface area contributed by atoms with Crippen LogP contribution in [0.15, 0.2) is 6.20 Å². The van der Waals surface area contributed by atoms with Gasteiger partial charge in [-0.15, -0.1) is 0 Å². The summed E-state index contributed by atoms with van der Waals surface area (Å²) >= 11 is 11.0. The smallest absolute Gasteiger partial charge is 0.281 e. The zero-order valence-corrected chi connectivity index (χ0v) is 7.61. The van der Waals surface area contributed by atoms with Crippen LogP contribution in [-0.2, 0) is 0 Å². The lowest BCUT2D eigenvalue weighted by Crippen LogP contribution is -1.98. The molecule has 1 rings (SSSR count). The van der Waals surface area contributed by atoms with E-state index >= 15 is 0 Å². The van der Waals surface area contributed by atoms with Gasteiger partial charge in [0.15, 0.2) is 6.29 Å². The van der Waals surface area contributed by atoms with Gasteiger partial charge in [0.05, 0.1) is 15.6 Å². The van der Waals surface area contributed by atoms with E-state index in [1.54, 1.807) is 0 Å². The standard InChI is InChI=1S/C7H3Cl2F2NO/c8-4-1-12-6(7(10)11)3(2-13)5(4)9/h1-2,7H. The first kappa shape index (κ1) is 10.3. The summed E-state index contributed by atoms with van der Waals surface area (Å²) in [5.41, 5.74) is -1.01. The molecule has 0 aliphatic carbocycles. The van der Waals surface area contributed by atoms with Crippen LogP contribution in [0.25, 0.3) is 0 Å². The minimum absolute atomic E-state index is 0.0202. The van der Waals surface area contributed by atoms with E-state index in [9.17, 15) is 13.6 Å². The largest absolute Gasteiger partial charge is 0.298 e. The highest BCUT2D eigenvalue weighted by Crippen LogP contribution is 2.30. The molecule has 0 saturated carbocycles. The molecule has 1 heterocycles. The average molecular weight is 226 g/mol. The molecule has 0 aromatic carbocycles. The topological polar surface area (TPSA) is 30.0 Å². The van der Waals surface area contributed by atoms with Crippen LogP contribution in [0.3, 0.4) is 0 Å². The van der Waals surface area contributed by atoms with Gasteiger partial charge in [-0.05, 0) is 0 Å². The Kier molecular flexibility index (Phi) is 3.17. The van der Waals surface area contributed by atoms with Gasteiger partial charge in [-0.3, -0.25) is 9.78 Å². The molecular weight excluding hydrogens is 223 g/mol. The molecule has 0 amide bonds. The summed E-state index contributed by atoms with van der Waals surface area (Å²) in [6.07, 6.45) is -1.64. The van der Waals surface area contributed by atoms with Gasteiger partial charge in [-0.25, -0.2) is 8.78 Å². The fourth-order valence-corrected chi connectivity index (χ4v) is 1.12. The predicted molar refractivity (Wildman–Crippen MR) is 44.6 cm³/mol. The summed E-state index contributed by atoms with van der Waals surface area (Å²) in [7, 11) is 0. The zero-order valence-electron chi connectivity index (χ0n) is 6.10. The van der Waals surface area contributed by atoms with Crippen LogP contribution in [0.2, 0.25) is 10.0 Å². The molecule has 0 radical (unpaired) electrons. The number of carbonyl (C=O) groups excluding carboxylic acids is 1. The number of rotatable bonds is 2. The lowest BCUT2D eigenvalue weighted by Gasteiger charge is -2.04.